The summed E-state index contributed by atoms with van der Waals surface area (Å²) in [7, 11) is 0. The van der Waals surface area contributed by atoms with Crippen LogP contribution in [0.5, 0.6) is 5.75 Å². The van der Waals surface area contributed by atoms with Crippen molar-refractivity contribution in [2.75, 3.05) is 19.7 Å². The molecule has 2 aromatic carbocycles. The Kier molecular flexibility index (Phi) is 7.21. The average molecular weight is 459 g/mol. The van der Waals surface area contributed by atoms with Crippen molar-refractivity contribution in [1.29, 1.82) is 0 Å². The van der Waals surface area contributed by atoms with Gasteiger partial charge in [-0.2, -0.15) is 0 Å². The van der Waals surface area contributed by atoms with Crippen molar-refractivity contribution in [2.24, 2.45) is 0 Å². The minimum Gasteiger partial charge on any atom is -0.487 e. The number of carbonyl (C=O) groups is 3. The van der Waals surface area contributed by atoms with Crippen LogP contribution in [0.4, 0.5) is 14.9 Å². The molecule has 1 aliphatic heterocycles. The van der Waals surface area contributed by atoms with Gasteiger partial charge in [-0.05, 0) is 43.0 Å². The van der Waals surface area contributed by atoms with Crippen molar-refractivity contribution in [2.45, 2.75) is 6.92 Å². The molecule has 11 heteroatoms. The maximum absolute atomic E-state index is 13.8. The predicted octanol–water partition coefficient (Wildman–Crippen LogP) is 3.60. The number of halogens is 1. The fourth-order valence-corrected chi connectivity index (χ4v) is 3.74. The number of nitrogens with one attached hydrogen (secondary N) is 1. The Labute approximate surface area is 186 Å². The topological polar surface area (TPSA) is 119 Å². The first kappa shape index (κ1) is 22.9. The number of rotatable bonds is 8. The zero-order chi connectivity index (χ0) is 23.3. The standard InChI is InChI=1S/C21H18FN3O6S/c1-2-31-17-8-7-14(11-16(17)25(29)30)19(26)23-9-10-24-20(27)18(32-21(24)28)12-13-5-3-4-6-15(13)22/h3-8,11-12H,2,9-10H2,1H3,(H,23,26)/b18-12-. The highest BCUT2D eigenvalue weighted by Crippen LogP contribution is 2.32. The molecule has 2 aromatic rings. The second-order valence-electron chi connectivity index (χ2n) is 6.48. The van der Waals surface area contributed by atoms with Crippen LogP contribution in [-0.4, -0.2) is 46.6 Å². The third-order valence-corrected chi connectivity index (χ3v) is 5.31. The van der Waals surface area contributed by atoms with Crippen molar-refractivity contribution in [3.05, 3.63) is 74.4 Å². The molecule has 1 heterocycles. The summed E-state index contributed by atoms with van der Waals surface area (Å²) in [6, 6.07) is 9.67. The zero-order valence-electron chi connectivity index (χ0n) is 16.9. The van der Waals surface area contributed by atoms with Gasteiger partial charge in [0, 0.05) is 30.3 Å². The van der Waals surface area contributed by atoms with Crippen LogP contribution in [0.25, 0.3) is 6.08 Å². The van der Waals surface area contributed by atoms with Crippen LogP contribution in [0.1, 0.15) is 22.8 Å². The van der Waals surface area contributed by atoms with E-state index in [1.807, 2.05) is 0 Å². The molecule has 0 saturated carbocycles. The van der Waals surface area contributed by atoms with Gasteiger partial charge in [0.05, 0.1) is 16.4 Å². The van der Waals surface area contributed by atoms with Gasteiger partial charge in [0.2, 0.25) is 0 Å². The molecule has 3 rings (SSSR count). The maximum Gasteiger partial charge on any atom is 0.311 e. The van der Waals surface area contributed by atoms with Crippen molar-refractivity contribution >= 4 is 40.6 Å². The second-order valence-corrected chi connectivity index (χ2v) is 7.48. The van der Waals surface area contributed by atoms with Crippen LogP contribution < -0.4 is 10.1 Å². The predicted molar refractivity (Wildman–Crippen MR) is 116 cm³/mol. The fraction of sp³-hybridized carbons (Fsp3) is 0.190. The largest absolute Gasteiger partial charge is 0.487 e. The second kappa shape index (κ2) is 10.1. The van der Waals surface area contributed by atoms with E-state index in [1.54, 1.807) is 13.0 Å². The Balaban J connectivity index is 1.63. The van der Waals surface area contributed by atoms with E-state index in [1.165, 1.54) is 36.4 Å². The molecule has 9 nitrogen and oxygen atoms in total. The first-order chi connectivity index (χ1) is 15.3. The van der Waals surface area contributed by atoms with Crippen molar-refractivity contribution in [3.63, 3.8) is 0 Å². The Morgan fingerprint density at radius 3 is 2.72 bits per heavy atom. The molecular weight excluding hydrogens is 441 g/mol. The molecule has 0 bridgehead atoms. The first-order valence-corrected chi connectivity index (χ1v) is 10.3. The molecule has 3 amide bonds. The zero-order valence-corrected chi connectivity index (χ0v) is 17.7. The van der Waals surface area contributed by atoms with Gasteiger partial charge in [-0.3, -0.25) is 29.4 Å². The number of hydrogen-bond acceptors (Lipinski definition) is 7. The summed E-state index contributed by atoms with van der Waals surface area (Å²) in [4.78, 5) is 48.6. The third kappa shape index (κ3) is 5.11. The number of amides is 3. The monoisotopic (exact) mass is 459 g/mol. The number of carbonyl (C=O) groups excluding carboxylic acids is 3. The Morgan fingerprint density at radius 2 is 2.03 bits per heavy atom. The van der Waals surface area contributed by atoms with Crippen molar-refractivity contribution in [3.8, 4) is 5.75 Å². The number of imide groups is 1. The highest BCUT2D eigenvalue weighted by molar-refractivity contribution is 8.18. The smallest absolute Gasteiger partial charge is 0.311 e. The summed E-state index contributed by atoms with van der Waals surface area (Å²) in [5.74, 6) is -1.66. The lowest BCUT2D eigenvalue weighted by Crippen LogP contribution is -2.37. The lowest BCUT2D eigenvalue weighted by Gasteiger charge is -2.13. The normalized spacial score (nSPS) is 14.7. The van der Waals surface area contributed by atoms with Gasteiger partial charge >= 0.3 is 5.69 Å². The third-order valence-electron chi connectivity index (χ3n) is 4.40. The molecule has 0 aromatic heterocycles. The summed E-state index contributed by atoms with van der Waals surface area (Å²) >= 11 is 0.682. The fourth-order valence-electron chi connectivity index (χ4n) is 2.89. The van der Waals surface area contributed by atoms with E-state index in [2.05, 4.69) is 5.32 Å². The molecule has 0 radical (unpaired) electrons. The molecule has 166 valence electrons. The molecular formula is C21H18FN3O6S. The van der Waals surface area contributed by atoms with Gasteiger partial charge in [0.15, 0.2) is 5.75 Å². The SMILES string of the molecule is CCOc1ccc(C(=O)NCCN2C(=O)S/C(=C\c3ccccc3F)C2=O)cc1[N+](=O)[O-]. The Morgan fingerprint density at radius 1 is 1.28 bits per heavy atom. The number of thioether (sulfide) groups is 1. The number of nitrogens with zero attached hydrogens (tertiary/aromatic N) is 2. The molecule has 1 N–H and O–H groups in total. The van der Waals surface area contributed by atoms with Gasteiger partial charge in [-0.25, -0.2) is 4.39 Å². The number of nitro groups is 1. The molecule has 1 fully saturated rings. The van der Waals surface area contributed by atoms with E-state index in [4.69, 9.17) is 4.74 Å². The van der Waals surface area contributed by atoms with Gasteiger partial charge in [0.1, 0.15) is 5.82 Å². The van der Waals surface area contributed by atoms with Crippen molar-refractivity contribution in [1.82, 2.24) is 10.2 Å². The van der Waals surface area contributed by atoms with E-state index in [0.717, 1.165) is 11.0 Å². The molecule has 0 aliphatic carbocycles. The van der Waals surface area contributed by atoms with Crippen LogP contribution in [0, 0.1) is 15.9 Å². The average Bonchev–Trinajstić information content (AvgIpc) is 3.03. The van der Waals surface area contributed by atoms with Gasteiger partial charge in [-0.15, -0.1) is 0 Å². The van der Waals surface area contributed by atoms with Gasteiger partial charge < -0.3 is 10.1 Å². The molecule has 0 spiro atoms. The molecule has 1 aliphatic rings. The summed E-state index contributed by atoms with van der Waals surface area (Å²) in [5.41, 5.74) is -0.124. The molecule has 0 atom stereocenters. The van der Waals surface area contributed by atoms with Crippen LogP contribution in [0.15, 0.2) is 47.4 Å². The highest BCUT2D eigenvalue weighted by Gasteiger charge is 2.34. The van der Waals surface area contributed by atoms with Crippen LogP contribution in [-0.2, 0) is 4.79 Å². The quantitative estimate of drug-likeness (QED) is 0.364. The first-order valence-electron chi connectivity index (χ1n) is 9.51. The minimum atomic E-state index is -0.649. The van der Waals surface area contributed by atoms with E-state index in [0.29, 0.717) is 11.8 Å². The van der Waals surface area contributed by atoms with Gasteiger partial charge in [0.25, 0.3) is 17.1 Å². The lowest BCUT2D eigenvalue weighted by atomic mass is 10.1. The lowest BCUT2D eigenvalue weighted by molar-refractivity contribution is -0.385. The van der Waals surface area contributed by atoms with Crippen LogP contribution in [0.3, 0.4) is 0 Å². The van der Waals surface area contributed by atoms with E-state index >= 15 is 0 Å². The molecule has 0 unspecified atom stereocenters. The van der Waals surface area contributed by atoms with Crippen LogP contribution in [0.2, 0.25) is 0 Å². The van der Waals surface area contributed by atoms with E-state index < -0.39 is 27.8 Å². The Hall–Kier alpha value is -3.73. The molecule has 1 saturated heterocycles. The van der Waals surface area contributed by atoms with Crippen molar-refractivity contribution < 1.29 is 28.4 Å². The van der Waals surface area contributed by atoms with Crippen LogP contribution >= 0.6 is 11.8 Å². The number of hydrogen-bond donors (Lipinski definition) is 1. The van der Waals surface area contributed by atoms with E-state index in [-0.39, 0.29) is 47.2 Å². The highest BCUT2D eigenvalue weighted by atomic mass is 32.2. The van der Waals surface area contributed by atoms with E-state index in [9.17, 15) is 28.9 Å². The number of nitro benzene ring substituents is 1. The maximum atomic E-state index is 13.8. The molecule has 32 heavy (non-hydrogen) atoms. The van der Waals surface area contributed by atoms with Gasteiger partial charge in [-0.1, -0.05) is 18.2 Å². The summed E-state index contributed by atoms with van der Waals surface area (Å²) < 4.78 is 19.0. The Bertz CT molecular complexity index is 1120. The summed E-state index contributed by atoms with van der Waals surface area (Å²) in [6.45, 7) is 1.74. The number of benzene rings is 2. The minimum absolute atomic E-state index is 0.0359. The number of ether oxygens (including phenoxy) is 1. The summed E-state index contributed by atoms with van der Waals surface area (Å²) in [5, 5.41) is 13.2. The summed E-state index contributed by atoms with van der Waals surface area (Å²) in [6.07, 6.45) is 1.30.